The molecular formula is C23H19BrN4O4. The molecule has 2 unspecified atom stereocenters. The van der Waals surface area contributed by atoms with Gasteiger partial charge in [0.15, 0.2) is 0 Å². The van der Waals surface area contributed by atoms with Gasteiger partial charge < -0.3 is 9.84 Å². The van der Waals surface area contributed by atoms with E-state index in [0.717, 1.165) is 37.5 Å². The Morgan fingerprint density at radius 1 is 1.28 bits per heavy atom. The maximum absolute atomic E-state index is 11.4. The monoisotopic (exact) mass is 494 g/mol. The SMILES string of the molecule is O=[N+]([O-])c1ccc2cc(Br)c3c(c2c1)C(OCC(O)Cn1cncn1)c1ccccc1C3. The van der Waals surface area contributed by atoms with Crippen LogP contribution in [0, 0.1) is 10.1 Å². The molecule has 9 heteroatoms. The van der Waals surface area contributed by atoms with Crippen LogP contribution in [0.25, 0.3) is 10.8 Å². The van der Waals surface area contributed by atoms with Crippen molar-refractivity contribution in [3.05, 3.63) is 98.0 Å². The van der Waals surface area contributed by atoms with Crippen LogP contribution in [-0.2, 0) is 17.7 Å². The predicted molar refractivity (Wildman–Crippen MR) is 121 cm³/mol. The average Bonchev–Trinajstić information content (AvgIpc) is 3.29. The molecule has 1 heterocycles. The van der Waals surface area contributed by atoms with Gasteiger partial charge in [-0.2, -0.15) is 5.10 Å². The van der Waals surface area contributed by atoms with Gasteiger partial charge in [-0.05, 0) is 51.6 Å². The highest BCUT2D eigenvalue weighted by atomic mass is 79.9. The molecule has 1 aliphatic rings. The van der Waals surface area contributed by atoms with Crippen molar-refractivity contribution < 1.29 is 14.8 Å². The van der Waals surface area contributed by atoms with E-state index in [9.17, 15) is 15.2 Å². The molecule has 0 spiro atoms. The molecular weight excluding hydrogens is 476 g/mol. The van der Waals surface area contributed by atoms with Crippen molar-refractivity contribution in [1.29, 1.82) is 0 Å². The zero-order valence-electron chi connectivity index (χ0n) is 16.9. The summed E-state index contributed by atoms with van der Waals surface area (Å²) in [6.45, 7) is 0.327. The van der Waals surface area contributed by atoms with Gasteiger partial charge >= 0.3 is 0 Å². The van der Waals surface area contributed by atoms with Gasteiger partial charge in [0.25, 0.3) is 5.69 Å². The molecule has 0 saturated carbocycles. The fourth-order valence-electron chi connectivity index (χ4n) is 4.28. The molecule has 8 nitrogen and oxygen atoms in total. The summed E-state index contributed by atoms with van der Waals surface area (Å²) in [5.41, 5.74) is 4.09. The van der Waals surface area contributed by atoms with E-state index >= 15 is 0 Å². The number of nitro groups is 1. The zero-order valence-corrected chi connectivity index (χ0v) is 18.5. The minimum absolute atomic E-state index is 0.0332. The third-order valence-electron chi connectivity index (χ3n) is 5.72. The fraction of sp³-hybridized carbons (Fsp3) is 0.217. The molecule has 5 rings (SSSR count). The lowest BCUT2D eigenvalue weighted by Gasteiger charge is -2.31. The lowest BCUT2D eigenvalue weighted by atomic mass is 9.81. The summed E-state index contributed by atoms with van der Waals surface area (Å²) in [5, 5.41) is 27.7. The van der Waals surface area contributed by atoms with Crippen LogP contribution in [0.3, 0.4) is 0 Å². The van der Waals surface area contributed by atoms with E-state index in [-0.39, 0.29) is 23.8 Å². The summed E-state index contributed by atoms with van der Waals surface area (Å²) >= 11 is 3.69. The van der Waals surface area contributed by atoms with E-state index in [2.05, 4.69) is 32.1 Å². The third-order valence-corrected chi connectivity index (χ3v) is 6.43. The second kappa shape index (κ2) is 8.42. The summed E-state index contributed by atoms with van der Waals surface area (Å²) in [7, 11) is 0. The smallest absolute Gasteiger partial charge is 0.270 e. The van der Waals surface area contributed by atoms with Crippen LogP contribution < -0.4 is 0 Å². The number of halogens is 1. The molecule has 0 aliphatic heterocycles. The molecule has 0 radical (unpaired) electrons. The summed E-state index contributed by atoms with van der Waals surface area (Å²) in [5.74, 6) is 0. The quantitative estimate of drug-likeness (QED) is 0.318. The van der Waals surface area contributed by atoms with Gasteiger partial charge in [0.05, 0.1) is 24.2 Å². The standard InChI is InChI=1S/C23H19BrN4O4/c24-21-8-15-5-6-16(28(30)31)9-19(15)22-20(21)7-14-3-1-2-4-18(14)23(22)32-11-17(29)10-27-13-25-12-26-27/h1-6,8-9,12-13,17,23,29H,7,10-11H2. The van der Waals surface area contributed by atoms with Crippen LogP contribution in [-0.4, -0.2) is 37.5 Å². The molecule has 4 aromatic rings. The Morgan fingerprint density at radius 2 is 2.12 bits per heavy atom. The molecule has 32 heavy (non-hydrogen) atoms. The van der Waals surface area contributed by atoms with E-state index in [1.165, 1.54) is 18.7 Å². The summed E-state index contributed by atoms with van der Waals surface area (Å²) in [4.78, 5) is 14.9. The maximum Gasteiger partial charge on any atom is 0.270 e. The number of aliphatic hydroxyl groups is 1. The van der Waals surface area contributed by atoms with Crippen molar-refractivity contribution in [1.82, 2.24) is 14.8 Å². The average molecular weight is 495 g/mol. The number of nitrogens with zero attached hydrogens (tertiary/aromatic N) is 4. The first-order chi connectivity index (χ1) is 15.5. The molecule has 1 N–H and O–H groups in total. The van der Waals surface area contributed by atoms with E-state index in [1.807, 2.05) is 24.3 Å². The van der Waals surface area contributed by atoms with E-state index in [4.69, 9.17) is 4.74 Å². The topological polar surface area (TPSA) is 103 Å². The summed E-state index contributed by atoms with van der Waals surface area (Å²) < 4.78 is 8.79. The molecule has 0 fully saturated rings. The van der Waals surface area contributed by atoms with Gasteiger partial charge in [-0.15, -0.1) is 0 Å². The number of hydrogen-bond donors (Lipinski definition) is 1. The van der Waals surface area contributed by atoms with Crippen molar-refractivity contribution in [2.24, 2.45) is 0 Å². The second-order valence-electron chi connectivity index (χ2n) is 7.77. The lowest BCUT2D eigenvalue weighted by molar-refractivity contribution is -0.384. The Hall–Kier alpha value is -3.14. The number of aromatic nitrogens is 3. The molecule has 0 amide bonds. The highest BCUT2D eigenvalue weighted by Gasteiger charge is 2.30. The van der Waals surface area contributed by atoms with E-state index < -0.39 is 12.2 Å². The maximum atomic E-state index is 11.4. The Labute approximate surface area is 191 Å². The molecule has 1 aliphatic carbocycles. The van der Waals surface area contributed by atoms with Crippen molar-refractivity contribution in [3.63, 3.8) is 0 Å². The first kappa shape index (κ1) is 20.7. The number of fused-ring (bicyclic) bond motifs is 4. The lowest BCUT2D eigenvalue weighted by Crippen LogP contribution is -2.26. The summed E-state index contributed by atoms with van der Waals surface area (Å²) in [6, 6.07) is 14.9. The Morgan fingerprint density at radius 3 is 2.91 bits per heavy atom. The highest BCUT2D eigenvalue weighted by molar-refractivity contribution is 9.10. The number of aliphatic hydroxyl groups excluding tert-OH is 1. The van der Waals surface area contributed by atoms with Crippen LogP contribution in [0.15, 0.2) is 65.7 Å². The van der Waals surface area contributed by atoms with Gasteiger partial charge in [0, 0.05) is 16.6 Å². The molecule has 3 aromatic carbocycles. The molecule has 0 bridgehead atoms. The fourth-order valence-corrected chi connectivity index (χ4v) is 4.88. The van der Waals surface area contributed by atoms with Gasteiger partial charge in [-0.1, -0.05) is 40.2 Å². The third kappa shape index (κ3) is 3.79. The number of nitro benzene ring substituents is 1. The van der Waals surface area contributed by atoms with Crippen LogP contribution in [0.5, 0.6) is 0 Å². The highest BCUT2D eigenvalue weighted by Crippen LogP contribution is 2.44. The molecule has 2 atom stereocenters. The molecule has 1 aromatic heterocycles. The van der Waals surface area contributed by atoms with Crippen LogP contribution in [0.1, 0.15) is 28.4 Å². The van der Waals surface area contributed by atoms with Crippen LogP contribution in [0.2, 0.25) is 0 Å². The Kier molecular flexibility index (Phi) is 5.46. The minimum atomic E-state index is -0.790. The largest absolute Gasteiger partial charge is 0.389 e. The van der Waals surface area contributed by atoms with Gasteiger partial charge in [0.2, 0.25) is 0 Å². The van der Waals surface area contributed by atoms with Crippen LogP contribution in [0.4, 0.5) is 5.69 Å². The van der Waals surface area contributed by atoms with E-state index in [0.29, 0.717) is 6.42 Å². The number of rotatable bonds is 6. The molecule has 162 valence electrons. The van der Waals surface area contributed by atoms with Crippen molar-refractivity contribution in [2.75, 3.05) is 6.61 Å². The zero-order chi connectivity index (χ0) is 22.2. The number of hydrogen-bond acceptors (Lipinski definition) is 6. The Balaban J connectivity index is 1.59. The summed E-state index contributed by atoms with van der Waals surface area (Å²) in [6.07, 6.45) is 2.38. The second-order valence-corrected chi connectivity index (χ2v) is 8.63. The van der Waals surface area contributed by atoms with Crippen molar-refractivity contribution >= 4 is 32.4 Å². The van der Waals surface area contributed by atoms with E-state index in [1.54, 1.807) is 16.8 Å². The number of ether oxygens (including phenoxy) is 1. The van der Waals surface area contributed by atoms with Gasteiger partial charge in [-0.25, -0.2) is 4.98 Å². The number of non-ortho nitro benzene ring substituents is 1. The normalized spacial score (nSPS) is 15.9. The van der Waals surface area contributed by atoms with Crippen molar-refractivity contribution in [2.45, 2.75) is 25.2 Å². The molecule has 0 saturated heterocycles. The Bertz CT molecular complexity index is 1310. The number of benzene rings is 3. The minimum Gasteiger partial charge on any atom is -0.389 e. The van der Waals surface area contributed by atoms with Gasteiger partial charge in [-0.3, -0.25) is 14.8 Å². The van der Waals surface area contributed by atoms with Crippen molar-refractivity contribution in [3.8, 4) is 0 Å². The predicted octanol–water partition coefficient (Wildman–Crippen LogP) is 4.17. The van der Waals surface area contributed by atoms with Crippen LogP contribution >= 0.6 is 15.9 Å². The first-order valence-electron chi connectivity index (χ1n) is 10.1. The first-order valence-corrected chi connectivity index (χ1v) is 10.9. The van der Waals surface area contributed by atoms with Gasteiger partial charge in [0.1, 0.15) is 18.8 Å².